The first kappa shape index (κ1) is 20.7. The topological polar surface area (TPSA) is 111 Å². The lowest BCUT2D eigenvalue weighted by Gasteiger charge is -2.18. The molecular weight excluding hydrogens is 384 g/mol. The van der Waals surface area contributed by atoms with Crippen LogP contribution in [0.2, 0.25) is 0 Å². The fourth-order valence-corrected chi connectivity index (χ4v) is 3.17. The maximum absolute atomic E-state index is 11.3. The molecule has 0 unspecified atom stereocenters. The maximum Gasteiger partial charge on any atom is 0.301 e. The Morgan fingerprint density at radius 1 is 0.900 bits per heavy atom. The summed E-state index contributed by atoms with van der Waals surface area (Å²) in [5, 5.41) is 26.5. The van der Waals surface area contributed by atoms with Crippen molar-refractivity contribution in [3.8, 4) is 0 Å². The Morgan fingerprint density at radius 2 is 1.47 bits per heavy atom. The van der Waals surface area contributed by atoms with E-state index in [-0.39, 0.29) is 17.3 Å². The van der Waals surface area contributed by atoms with Crippen molar-refractivity contribution in [3.05, 3.63) is 110 Å². The lowest BCUT2D eigenvalue weighted by Crippen LogP contribution is -2.08. The molecule has 8 heteroatoms. The van der Waals surface area contributed by atoms with E-state index in [1.54, 1.807) is 0 Å². The summed E-state index contributed by atoms with van der Waals surface area (Å²) >= 11 is 0. The second kappa shape index (κ2) is 9.42. The van der Waals surface area contributed by atoms with Crippen LogP contribution >= 0.6 is 0 Å². The predicted molar refractivity (Wildman–Crippen MR) is 116 cm³/mol. The highest BCUT2D eigenvalue weighted by Crippen LogP contribution is 2.30. The molecule has 0 radical (unpaired) electrons. The lowest BCUT2D eigenvalue weighted by atomic mass is 9.87. The highest BCUT2D eigenvalue weighted by molar-refractivity contribution is 5.84. The number of nitro groups is 2. The van der Waals surface area contributed by atoms with Gasteiger partial charge in [-0.1, -0.05) is 60.7 Å². The van der Waals surface area contributed by atoms with E-state index in [0.29, 0.717) is 6.42 Å². The molecule has 0 atom stereocenters. The van der Waals surface area contributed by atoms with Gasteiger partial charge in [-0.25, -0.2) is 0 Å². The quantitative estimate of drug-likeness (QED) is 0.302. The van der Waals surface area contributed by atoms with E-state index >= 15 is 0 Å². The fraction of sp³-hybridized carbons (Fsp3) is 0.136. The molecule has 0 heterocycles. The van der Waals surface area contributed by atoms with Crippen LogP contribution in [0.15, 0.2) is 84.0 Å². The number of benzene rings is 3. The van der Waals surface area contributed by atoms with E-state index in [1.165, 1.54) is 12.1 Å². The van der Waals surface area contributed by atoms with Crippen LogP contribution in [0, 0.1) is 20.2 Å². The van der Waals surface area contributed by atoms with Gasteiger partial charge in [-0.2, -0.15) is 5.10 Å². The van der Waals surface area contributed by atoms with E-state index in [2.05, 4.69) is 34.8 Å². The zero-order chi connectivity index (χ0) is 21.5. The molecule has 0 amide bonds. The van der Waals surface area contributed by atoms with Gasteiger partial charge in [0.25, 0.3) is 5.69 Å². The molecule has 30 heavy (non-hydrogen) atoms. The van der Waals surface area contributed by atoms with E-state index in [0.717, 1.165) is 22.9 Å². The SMILES string of the molecule is C/C(CC(c1ccccc1)c1ccccc1)=N\Nc1ccc([N+](=O)[O-])cc1[N+](=O)[O-]. The third kappa shape index (κ3) is 5.05. The average molecular weight is 404 g/mol. The molecule has 0 aliphatic heterocycles. The third-order valence-corrected chi connectivity index (χ3v) is 4.66. The van der Waals surface area contributed by atoms with Gasteiger partial charge in [-0.15, -0.1) is 0 Å². The number of nitrogens with one attached hydrogen (secondary N) is 1. The highest BCUT2D eigenvalue weighted by atomic mass is 16.6. The number of hydrogen-bond donors (Lipinski definition) is 1. The van der Waals surface area contributed by atoms with Crippen molar-refractivity contribution in [2.24, 2.45) is 5.10 Å². The van der Waals surface area contributed by atoms with E-state index in [1.807, 2.05) is 43.3 Å². The molecule has 0 saturated carbocycles. The van der Waals surface area contributed by atoms with Crippen molar-refractivity contribution < 1.29 is 9.85 Å². The molecule has 0 aromatic heterocycles. The standard InChI is InChI=1S/C22H20N4O4/c1-16(23-24-21-13-12-19(25(27)28)15-22(21)26(29)30)14-20(17-8-4-2-5-9-17)18-10-6-3-7-11-18/h2-13,15,20,24H,14H2,1H3/b23-16+. The monoisotopic (exact) mass is 404 g/mol. The van der Waals surface area contributed by atoms with E-state index in [9.17, 15) is 20.2 Å². The summed E-state index contributed by atoms with van der Waals surface area (Å²) in [6.07, 6.45) is 0.599. The van der Waals surface area contributed by atoms with Gasteiger partial charge in [0.2, 0.25) is 0 Å². The zero-order valence-electron chi connectivity index (χ0n) is 16.3. The Labute approximate surface area is 173 Å². The van der Waals surface area contributed by atoms with Gasteiger partial charge >= 0.3 is 5.69 Å². The minimum Gasteiger partial charge on any atom is -0.272 e. The van der Waals surface area contributed by atoms with Gasteiger partial charge < -0.3 is 0 Å². The number of nitrogens with zero attached hydrogens (tertiary/aromatic N) is 3. The van der Waals surface area contributed by atoms with Gasteiger partial charge in [0, 0.05) is 17.7 Å². The van der Waals surface area contributed by atoms with E-state index in [4.69, 9.17) is 0 Å². The molecule has 0 fully saturated rings. The number of hydrazone groups is 1. The number of non-ortho nitro benzene ring substituents is 1. The van der Waals surface area contributed by atoms with E-state index < -0.39 is 15.5 Å². The Bertz CT molecular complexity index is 1030. The van der Waals surface area contributed by atoms with Crippen LogP contribution in [0.1, 0.15) is 30.4 Å². The van der Waals surface area contributed by atoms with Crippen LogP contribution in [-0.4, -0.2) is 15.6 Å². The average Bonchev–Trinajstić information content (AvgIpc) is 2.77. The molecule has 3 rings (SSSR count). The molecule has 0 aliphatic rings. The molecule has 0 spiro atoms. The first-order valence-electron chi connectivity index (χ1n) is 9.27. The predicted octanol–water partition coefficient (Wildman–Crippen LogP) is 5.51. The largest absolute Gasteiger partial charge is 0.301 e. The van der Waals surface area contributed by atoms with Crippen molar-refractivity contribution in [1.29, 1.82) is 0 Å². The molecule has 1 N–H and O–H groups in total. The Hall–Kier alpha value is -4.07. The van der Waals surface area contributed by atoms with Crippen molar-refractivity contribution in [2.75, 3.05) is 5.43 Å². The number of rotatable bonds is 8. The Kier molecular flexibility index (Phi) is 6.49. The summed E-state index contributed by atoms with van der Waals surface area (Å²) in [4.78, 5) is 20.8. The highest BCUT2D eigenvalue weighted by Gasteiger charge is 2.20. The van der Waals surface area contributed by atoms with Gasteiger partial charge in [0.15, 0.2) is 0 Å². The number of hydrogen-bond acceptors (Lipinski definition) is 6. The second-order valence-electron chi connectivity index (χ2n) is 6.75. The summed E-state index contributed by atoms with van der Waals surface area (Å²) in [5.74, 6) is 0.0739. The summed E-state index contributed by atoms with van der Waals surface area (Å²) in [5.41, 5.74) is 5.06. The van der Waals surface area contributed by atoms with Gasteiger partial charge in [0.05, 0.1) is 15.9 Å². The summed E-state index contributed by atoms with van der Waals surface area (Å²) < 4.78 is 0. The minimum absolute atomic E-state index is 0.0739. The van der Waals surface area contributed by atoms with Crippen LogP contribution < -0.4 is 5.43 Å². The first-order chi connectivity index (χ1) is 14.5. The maximum atomic E-state index is 11.3. The van der Waals surface area contributed by atoms with Crippen LogP contribution in [0.4, 0.5) is 17.1 Å². The smallest absolute Gasteiger partial charge is 0.272 e. The van der Waals surface area contributed by atoms with Crippen LogP contribution in [0.25, 0.3) is 0 Å². The van der Waals surface area contributed by atoms with Crippen LogP contribution in [-0.2, 0) is 0 Å². The molecular formula is C22H20N4O4. The molecule has 0 saturated heterocycles. The Morgan fingerprint density at radius 3 is 1.97 bits per heavy atom. The lowest BCUT2D eigenvalue weighted by molar-refractivity contribution is -0.393. The molecule has 0 aliphatic carbocycles. The Balaban J connectivity index is 1.84. The van der Waals surface area contributed by atoms with Crippen molar-refractivity contribution in [2.45, 2.75) is 19.3 Å². The van der Waals surface area contributed by atoms with Gasteiger partial charge in [-0.05, 0) is 30.5 Å². The summed E-state index contributed by atoms with van der Waals surface area (Å²) in [7, 11) is 0. The molecule has 8 nitrogen and oxygen atoms in total. The fourth-order valence-electron chi connectivity index (χ4n) is 3.17. The normalized spacial score (nSPS) is 11.3. The molecule has 3 aromatic carbocycles. The molecule has 152 valence electrons. The zero-order valence-corrected chi connectivity index (χ0v) is 16.3. The van der Waals surface area contributed by atoms with Crippen LogP contribution in [0.5, 0.6) is 0 Å². The number of anilines is 1. The van der Waals surface area contributed by atoms with Crippen molar-refractivity contribution in [3.63, 3.8) is 0 Å². The minimum atomic E-state index is -0.671. The van der Waals surface area contributed by atoms with Gasteiger partial charge in [0.1, 0.15) is 5.69 Å². The van der Waals surface area contributed by atoms with Crippen molar-refractivity contribution >= 4 is 22.8 Å². The second-order valence-corrected chi connectivity index (χ2v) is 6.75. The molecule has 3 aromatic rings. The number of nitro benzene ring substituents is 2. The summed E-state index contributed by atoms with van der Waals surface area (Å²) in [6.45, 7) is 1.84. The summed E-state index contributed by atoms with van der Waals surface area (Å²) in [6, 6.07) is 23.5. The molecule has 0 bridgehead atoms. The van der Waals surface area contributed by atoms with Crippen molar-refractivity contribution in [1.82, 2.24) is 0 Å². The van der Waals surface area contributed by atoms with Crippen LogP contribution in [0.3, 0.4) is 0 Å². The van der Waals surface area contributed by atoms with Gasteiger partial charge in [-0.3, -0.25) is 25.7 Å². The third-order valence-electron chi connectivity index (χ3n) is 4.66. The first-order valence-corrected chi connectivity index (χ1v) is 9.27.